The number of nitrogens with zero attached hydrogens (tertiary/aromatic N) is 2. The van der Waals surface area contributed by atoms with Crippen LogP contribution in [0, 0.1) is 13.8 Å². The molecule has 2 aromatic heterocycles. The molecule has 0 radical (unpaired) electrons. The standard InChI is InChI=1S/C12H12N2/c1-9-5-6-11(14-8-9)12-10(2)4-3-7-13-12/h3-8H,1-2H3. The van der Waals surface area contributed by atoms with Crippen molar-refractivity contribution in [3.63, 3.8) is 0 Å². The summed E-state index contributed by atoms with van der Waals surface area (Å²) in [6.45, 7) is 4.08. The van der Waals surface area contributed by atoms with Gasteiger partial charge in [0.25, 0.3) is 0 Å². The minimum atomic E-state index is 0.939. The number of rotatable bonds is 1. The van der Waals surface area contributed by atoms with Crippen LogP contribution in [0.5, 0.6) is 0 Å². The second kappa shape index (κ2) is 3.58. The first-order valence-corrected chi connectivity index (χ1v) is 4.62. The maximum absolute atomic E-state index is 4.35. The Kier molecular flexibility index (Phi) is 2.27. The van der Waals surface area contributed by atoms with Crippen molar-refractivity contribution in [3.05, 3.63) is 47.8 Å². The summed E-state index contributed by atoms with van der Waals surface area (Å²) in [5.74, 6) is 0. The van der Waals surface area contributed by atoms with E-state index in [1.807, 2.05) is 38.2 Å². The van der Waals surface area contributed by atoms with E-state index in [0.29, 0.717) is 0 Å². The highest BCUT2D eigenvalue weighted by Gasteiger charge is 2.02. The molecule has 2 rings (SSSR count). The number of pyridine rings is 2. The fourth-order valence-corrected chi connectivity index (χ4v) is 1.36. The molecule has 0 unspecified atom stereocenters. The molecule has 0 saturated carbocycles. The van der Waals surface area contributed by atoms with Crippen LogP contribution >= 0.6 is 0 Å². The van der Waals surface area contributed by atoms with Gasteiger partial charge >= 0.3 is 0 Å². The van der Waals surface area contributed by atoms with Crippen LogP contribution in [0.1, 0.15) is 11.1 Å². The minimum Gasteiger partial charge on any atom is -0.254 e. The van der Waals surface area contributed by atoms with Crippen molar-refractivity contribution >= 4 is 0 Å². The van der Waals surface area contributed by atoms with Crippen LogP contribution in [0.15, 0.2) is 36.7 Å². The van der Waals surface area contributed by atoms with Gasteiger partial charge in [-0.3, -0.25) is 9.97 Å². The summed E-state index contributed by atoms with van der Waals surface area (Å²) >= 11 is 0. The number of hydrogen-bond acceptors (Lipinski definition) is 2. The maximum atomic E-state index is 4.35. The van der Waals surface area contributed by atoms with E-state index in [0.717, 1.165) is 17.0 Å². The van der Waals surface area contributed by atoms with Crippen LogP contribution in [0.25, 0.3) is 11.4 Å². The Hall–Kier alpha value is -1.70. The average molecular weight is 184 g/mol. The van der Waals surface area contributed by atoms with E-state index in [4.69, 9.17) is 0 Å². The molecule has 14 heavy (non-hydrogen) atoms. The zero-order valence-electron chi connectivity index (χ0n) is 8.36. The minimum absolute atomic E-state index is 0.939. The summed E-state index contributed by atoms with van der Waals surface area (Å²) in [5, 5.41) is 0. The van der Waals surface area contributed by atoms with Gasteiger partial charge in [-0.25, -0.2) is 0 Å². The topological polar surface area (TPSA) is 25.8 Å². The van der Waals surface area contributed by atoms with Gasteiger partial charge in [0, 0.05) is 12.4 Å². The van der Waals surface area contributed by atoms with E-state index in [-0.39, 0.29) is 0 Å². The van der Waals surface area contributed by atoms with Crippen LogP contribution in [0.3, 0.4) is 0 Å². The van der Waals surface area contributed by atoms with E-state index < -0.39 is 0 Å². The van der Waals surface area contributed by atoms with Crippen molar-refractivity contribution in [2.75, 3.05) is 0 Å². The lowest BCUT2D eigenvalue weighted by Crippen LogP contribution is -1.90. The van der Waals surface area contributed by atoms with Crippen molar-refractivity contribution in [1.29, 1.82) is 0 Å². The summed E-state index contributed by atoms with van der Waals surface area (Å²) in [4.78, 5) is 8.66. The maximum Gasteiger partial charge on any atom is 0.0915 e. The van der Waals surface area contributed by atoms with Gasteiger partial charge < -0.3 is 0 Å². The quantitative estimate of drug-likeness (QED) is 0.681. The van der Waals surface area contributed by atoms with Crippen LogP contribution in [-0.2, 0) is 0 Å². The molecule has 0 N–H and O–H groups in total. The molecular formula is C12H12N2. The molecule has 0 saturated heterocycles. The summed E-state index contributed by atoms with van der Waals surface area (Å²) in [6, 6.07) is 8.04. The van der Waals surface area contributed by atoms with Crippen molar-refractivity contribution in [2.45, 2.75) is 13.8 Å². The summed E-state index contributed by atoms with van der Waals surface area (Å²) in [6.07, 6.45) is 3.66. The number of aromatic nitrogens is 2. The lowest BCUT2D eigenvalue weighted by molar-refractivity contribution is 1.20. The fraction of sp³-hybridized carbons (Fsp3) is 0.167. The molecule has 2 nitrogen and oxygen atoms in total. The Morgan fingerprint density at radius 1 is 1.00 bits per heavy atom. The first-order chi connectivity index (χ1) is 6.77. The molecular weight excluding hydrogens is 172 g/mol. The third kappa shape index (κ3) is 1.64. The van der Waals surface area contributed by atoms with Gasteiger partial charge in [0.1, 0.15) is 0 Å². The van der Waals surface area contributed by atoms with E-state index in [1.54, 1.807) is 6.20 Å². The van der Waals surface area contributed by atoms with E-state index >= 15 is 0 Å². The monoisotopic (exact) mass is 184 g/mol. The Bertz CT molecular complexity index is 432. The predicted molar refractivity (Wildman–Crippen MR) is 56.9 cm³/mol. The van der Waals surface area contributed by atoms with Crippen molar-refractivity contribution in [1.82, 2.24) is 9.97 Å². The van der Waals surface area contributed by atoms with E-state index in [2.05, 4.69) is 16.0 Å². The highest BCUT2D eigenvalue weighted by atomic mass is 14.8. The van der Waals surface area contributed by atoms with Crippen LogP contribution in [-0.4, -0.2) is 9.97 Å². The SMILES string of the molecule is Cc1ccc(-c2ncccc2C)nc1. The molecule has 0 aromatic carbocycles. The first kappa shape index (κ1) is 8.88. The summed E-state index contributed by atoms with van der Waals surface area (Å²) in [5.41, 5.74) is 4.23. The van der Waals surface area contributed by atoms with Crippen molar-refractivity contribution in [3.8, 4) is 11.4 Å². The summed E-state index contributed by atoms with van der Waals surface area (Å²) < 4.78 is 0. The average Bonchev–Trinajstić information content (AvgIpc) is 2.20. The van der Waals surface area contributed by atoms with Crippen molar-refractivity contribution in [2.24, 2.45) is 0 Å². The Balaban J connectivity index is 2.50. The molecule has 0 spiro atoms. The Morgan fingerprint density at radius 2 is 1.86 bits per heavy atom. The number of aryl methyl sites for hydroxylation is 2. The normalized spacial score (nSPS) is 10.1. The second-order valence-corrected chi connectivity index (χ2v) is 3.39. The summed E-state index contributed by atoms with van der Waals surface area (Å²) in [7, 11) is 0. The van der Waals surface area contributed by atoms with E-state index in [1.165, 1.54) is 5.56 Å². The van der Waals surface area contributed by atoms with Gasteiger partial charge in [0.05, 0.1) is 11.4 Å². The molecule has 2 heterocycles. The lowest BCUT2D eigenvalue weighted by atomic mass is 10.1. The van der Waals surface area contributed by atoms with Gasteiger partial charge in [0.2, 0.25) is 0 Å². The molecule has 0 aliphatic carbocycles. The third-order valence-electron chi connectivity index (χ3n) is 2.16. The van der Waals surface area contributed by atoms with Crippen LogP contribution < -0.4 is 0 Å². The van der Waals surface area contributed by atoms with Crippen LogP contribution in [0.2, 0.25) is 0 Å². The Morgan fingerprint density at radius 3 is 2.50 bits per heavy atom. The van der Waals surface area contributed by atoms with Gasteiger partial charge in [-0.05, 0) is 37.1 Å². The van der Waals surface area contributed by atoms with Gasteiger partial charge in [-0.2, -0.15) is 0 Å². The molecule has 0 aliphatic rings. The highest BCUT2D eigenvalue weighted by Crippen LogP contribution is 2.17. The molecule has 0 fully saturated rings. The second-order valence-electron chi connectivity index (χ2n) is 3.39. The molecule has 0 atom stereocenters. The van der Waals surface area contributed by atoms with Gasteiger partial charge in [0.15, 0.2) is 0 Å². The third-order valence-corrected chi connectivity index (χ3v) is 2.16. The molecule has 2 aromatic rings. The largest absolute Gasteiger partial charge is 0.254 e. The zero-order valence-corrected chi connectivity index (χ0v) is 8.36. The predicted octanol–water partition coefficient (Wildman–Crippen LogP) is 2.76. The highest BCUT2D eigenvalue weighted by molar-refractivity contribution is 5.57. The van der Waals surface area contributed by atoms with Crippen LogP contribution in [0.4, 0.5) is 0 Å². The van der Waals surface area contributed by atoms with E-state index in [9.17, 15) is 0 Å². The lowest BCUT2D eigenvalue weighted by Gasteiger charge is -2.03. The fourth-order valence-electron chi connectivity index (χ4n) is 1.36. The Labute approximate surface area is 83.7 Å². The smallest absolute Gasteiger partial charge is 0.0915 e. The zero-order chi connectivity index (χ0) is 9.97. The molecule has 0 bridgehead atoms. The molecule has 70 valence electrons. The van der Waals surface area contributed by atoms with Crippen molar-refractivity contribution < 1.29 is 0 Å². The molecule has 0 aliphatic heterocycles. The molecule has 0 amide bonds. The number of hydrogen-bond donors (Lipinski definition) is 0. The first-order valence-electron chi connectivity index (χ1n) is 4.62. The molecule has 2 heteroatoms. The van der Waals surface area contributed by atoms with Gasteiger partial charge in [-0.15, -0.1) is 0 Å². The van der Waals surface area contributed by atoms with Gasteiger partial charge in [-0.1, -0.05) is 12.1 Å².